The zero-order valence-corrected chi connectivity index (χ0v) is 12.9. The van der Waals surface area contributed by atoms with Crippen LogP contribution in [0.25, 0.3) is 0 Å². The molecule has 1 aliphatic heterocycles. The molecular weight excluding hydrogens is 300 g/mol. The van der Waals surface area contributed by atoms with Crippen molar-refractivity contribution >= 4 is 9.84 Å². The molecule has 2 aromatic rings. The molecule has 0 aliphatic carbocycles. The number of benzene rings is 2. The van der Waals surface area contributed by atoms with Crippen LogP contribution in [0, 0.1) is 0 Å². The van der Waals surface area contributed by atoms with Gasteiger partial charge >= 0.3 is 0 Å². The van der Waals surface area contributed by atoms with Crippen LogP contribution in [0.2, 0.25) is 0 Å². The molecule has 4 nitrogen and oxygen atoms in total. The van der Waals surface area contributed by atoms with Crippen LogP contribution in [-0.4, -0.2) is 27.9 Å². The summed E-state index contributed by atoms with van der Waals surface area (Å²) in [6, 6.07) is 18.3. The average molecular weight is 318 g/mol. The van der Waals surface area contributed by atoms with Gasteiger partial charge in [0.2, 0.25) is 0 Å². The van der Waals surface area contributed by atoms with Crippen LogP contribution in [0.15, 0.2) is 60.7 Å². The van der Waals surface area contributed by atoms with Crippen LogP contribution >= 0.6 is 0 Å². The third-order valence-electron chi connectivity index (χ3n) is 3.62. The van der Waals surface area contributed by atoms with Crippen LogP contribution < -0.4 is 0 Å². The number of sulfone groups is 1. The summed E-state index contributed by atoms with van der Waals surface area (Å²) in [6.45, 7) is 0.851. The Morgan fingerprint density at radius 2 is 1.45 bits per heavy atom. The Balaban J connectivity index is 1.94. The average Bonchev–Trinajstić information content (AvgIpc) is 3.02. The summed E-state index contributed by atoms with van der Waals surface area (Å²) in [7, 11) is -3.46. The van der Waals surface area contributed by atoms with E-state index < -0.39 is 21.4 Å². The van der Waals surface area contributed by atoms with Gasteiger partial charge in [-0.3, -0.25) is 0 Å². The summed E-state index contributed by atoms with van der Waals surface area (Å²) in [5, 5.41) is -0.809. The van der Waals surface area contributed by atoms with Gasteiger partial charge in [-0.15, -0.1) is 0 Å². The molecule has 0 spiro atoms. The van der Waals surface area contributed by atoms with E-state index in [-0.39, 0.29) is 5.75 Å². The fourth-order valence-electron chi connectivity index (χ4n) is 2.62. The Hall–Kier alpha value is -1.69. The topological polar surface area (TPSA) is 52.6 Å². The molecule has 2 aromatic carbocycles. The monoisotopic (exact) mass is 318 g/mol. The molecule has 0 saturated carbocycles. The first-order chi connectivity index (χ1) is 10.7. The molecule has 0 N–H and O–H groups in total. The minimum absolute atomic E-state index is 0.0311. The van der Waals surface area contributed by atoms with E-state index in [1.54, 1.807) is 12.1 Å². The van der Waals surface area contributed by atoms with Gasteiger partial charge in [0, 0.05) is 0 Å². The highest BCUT2D eigenvalue weighted by Gasteiger charge is 2.38. The van der Waals surface area contributed by atoms with E-state index in [9.17, 15) is 8.42 Å². The predicted molar refractivity (Wildman–Crippen MR) is 83.9 cm³/mol. The molecular formula is C17H18O4S. The summed E-state index contributed by atoms with van der Waals surface area (Å²) in [5.74, 6) is -0.0311. The SMILES string of the molecule is O=S(=O)(Cc1ccccc1)C(c1ccccc1)C1OCCO1. The zero-order chi connectivity index (χ0) is 15.4. The normalized spacial score (nSPS) is 17.5. The maximum Gasteiger partial charge on any atom is 0.178 e. The van der Waals surface area contributed by atoms with Crippen molar-refractivity contribution in [1.29, 1.82) is 0 Å². The predicted octanol–water partition coefficient (Wildman–Crippen LogP) is 2.72. The molecule has 0 aromatic heterocycles. The van der Waals surface area contributed by atoms with Gasteiger partial charge in [-0.2, -0.15) is 0 Å². The van der Waals surface area contributed by atoms with E-state index in [0.717, 1.165) is 5.56 Å². The first-order valence-corrected chi connectivity index (χ1v) is 8.92. The van der Waals surface area contributed by atoms with E-state index in [2.05, 4.69) is 0 Å². The second kappa shape index (κ2) is 6.60. The quantitative estimate of drug-likeness (QED) is 0.850. The van der Waals surface area contributed by atoms with Crippen LogP contribution in [0.4, 0.5) is 0 Å². The standard InChI is InChI=1S/C17H18O4S/c18-22(19,13-14-7-3-1-4-8-14)16(17-20-11-12-21-17)15-9-5-2-6-10-15/h1-10,16-17H,11-13H2. The van der Waals surface area contributed by atoms with Crippen molar-refractivity contribution in [1.82, 2.24) is 0 Å². The van der Waals surface area contributed by atoms with E-state index in [0.29, 0.717) is 18.8 Å². The van der Waals surface area contributed by atoms with Gasteiger partial charge in [0.15, 0.2) is 16.1 Å². The van der Waals surface area contributed by atoms with Crippen LogP contribution in [0.5, 0.6) is 0 Å². The molecule has 1 fully saturated rings. The van der Waals surface area contributed by atoms with Crippen molar-refractivity contribution in [2.24, 2.45) is 0 Å². The first-order valence-electron chi connectivity index (χ1n) is 7.20. The van der Waals surface area contributed by atoms with Crippen molar-refractivity contribution in [3.63, 3.8) is 0 Å². The molecule has 5 heteroatoms. The van der Waals surface area contributed by atoms with Gasteiger partial charge in [-0.05, 0) is 11.1 Å². The Labute approximate surface area is 130 Å². The van der Waals surface area contributed by atoms with E-state index in [1.165, 1.54) is 0 Å². The minimum Gasteiger partial charge on any atom is -0.349 e. The number of hydrogen-bond acceptors (Lipinski definition) is 4. The summed E-state index contributed by atoms with van der Waals surface area (Å²) in [4.78, 5) is 0. The Morgan fingerprint density at radius 1 is 0.909 bits per heavy atom. The highest BCUT2D eigenvalue weighted by Crippen LogP contribution is 2.33. The van der Waals surface area contributed by atoms with Gasteiger partial charge < -0.3 is 9.47 Å². The first kappa shape index (κ1) is 15.2. The van der Waals surface area contributed by atoms with Gasteiger partial charge in [0.05, 0.1) is 19.0 Å². The van der Waals surface area contributed by atoms with Crippen molar-refractivity contribution in [3.8, 4) is 0 Å². The molecule has 0 radical (unpaired) electrons. The number of hydrogen-bond donors (Lipinski definition) is 0. The molecule has 0 bridgehead atoms. The smallest absolute Gasteiger partial charge is 0.178 e. The largest absolute Gasteiger partial charge is 0.349 e. The van der Waals surface area contributed by atoms with E-state index >= 15 is 0 Å². The fraction of sp³-hybridized carbons (Fsp3) is 0.294. The van der Waals surface area contributed by atoms with Crippen molar-refractivity contribution < 1.29 is 17.9 Å². The summed E-state index contributed by atoms with van der Waals surface area (Å²) in [5.41, 5.74) is 1.46. The molecule has 3 rings (SSSR count). The minimum atomic E-state index is -3.46. The van der Waals surface area contributed by atoms with Gasteiger partial charge in [0.25, 0.3) is 0 Å². The summed E-state index contributed by atoms with van der Waals surface area (Å²) < 4.78 is 36.8. The lowest BCUT2D eigenvalue weighted by atomic mass is 10.1. The molecule has 22 heavy (non-hydrogen) atoms. The maximum atomic E-state index is 12.9. The molecule has 1 atom stereocenters. The Bertz CT molecular complexity index is 692. The van der Waals surface area contributed by atoms with Gasteiger partial charge in [0.1, 0.15) is 5.25 Å². The molecule has 0 amide bonds. The van der Waals surface area contributed by atoms with E-state index in [4.69, 9.17) is 9.47 Å². The lowest BCUT2D eigenvalue weighted by Gasteiger charge is -2.23. The molecule has 1 unspecified atom stereocenters. The number of rotatable bonds is 5. The summed E-state index contributed by atoms with van der Waals surface area (Å²) in [6.07, 6.45) is -0.740. The molecule has 1 heterocycles. The third-order valence-corrected chi connectivity index (χ3v) is 5.62. The van der Waals surface area contributed by atoms with Gasteiger partial charge in [-0.1, -0.05) is 60.7 Å². The lowest BCUT2D eigenvalue weighted by Crippen LogP contribution is -2.28. The van der Waals surface area contributed by atoms with Crippen molar-refractivity contribution in [2.45, 2.75) is 17.3 Å². The van der Waals surface area contributed by atoms with Crippen LogP contribution in [0.1, 0.15) is 16.4 Å². The van der Waals surface area contributed by atoms with Crippen LogP contribution in [-0.2, 0) is 25.1 Å². The fourth-order valence-corrected chi connectivity index (χ4v) is 4.53. The lowest BCUT2D eigenvalue weighted by molar-refractivity contribution is -0.0440. The molecule has 1 saturated heterocycles. The number of ether oxygens (including phenoxy) is 2. The highest BCUT2D eigenvalue weighted by atomic mass is 32.2. The second-order valence-electron chi connectivity index (χ2n) is 5.23. The third kappa shape index (κ3) is 3.38. The maximum absolute atomic E-state index is 12.9. The summed E-state index contributed by atoms with van der Waals surface area (Å²) >= 11 is 0. The Morgan fingerprint density at radius 3 is 2.05 bits per heavy atom. The molecule has 1 aliphatic rings. The van der Waals surface area contributed by atoms with E-state index in [1.807, 2.05) is 48.5 Å². The molecule has 116 valence electrons. The second-order valence-corrected chi connectivity index (χ2v) is 7.36. The Kier molecular flexibility index (Phi) is 4.57. The van der Waals surface area contributed by atoms with Crippen molar-refractivity contribution in [3.05, 3.63) is 71.8 Å². The van der Waals surface area contributed by atoms with Crippen LogP contribution in [0.3, 0.4) is 0 Å². The zero-order valence-electron chi connectivity index (χ0n) is 12.1. The van der Waals surface area contributed by atoms with Gasteiger partial charge in [-0.25, -0.2) is 8.42 Å². The highest BCUT2D eigenvalue weighted by molar-refractivity contribution is 7.90. The van der Waals surface area contributed by atoms with Crippen molar-refractivity contribution in [2.75, 3.05) is 13.2 Å².